The summed E-state index contributed by atoms with van der Waals surface area (Å²) in [6.07, 6.45) is 0.475. The van der Waals surface area contributed by atoms with Crippen LogP contribution >= 0.6 is 22.9 Å². The maximum absolute atomic E-state index is 12.0. The van der Waals surface area contributed by atoms with Crippen LogP contribution in [0, 0.1) is 11.8 Å². The summed E-state index contributed by atoms with van der Waals surface area (Å²) in [6.45, 7) is 0.582. The van der Waals surface area contributed by atoms with Gasteiger partial charge < -0.3 is 10.0 Å². The summed E-state index contributed by atoms with van der Waals surface area (Å²) < 4.78 is 3.69. The van der Waals surface area contributed by atoms with Crippen molar-refractivity contribution in [3.8, 4) is 11.8 Å². The molecule has 5 nitrogen and oxygen atoms in total. The minimum Gasteiger partial charge on any atom is -0.395 e. The van der Waals surface area contributed by atoms with E-state index in [0.29, 0.717) is 18.7 Å². The predicted molar refractivity (Wildman–Crippen MR) is 78.6 cm³/mol. The highest BCUT2D eigenvalue weighted by Gasteiger charge is 2.15. The Morgan fingerprint density at radius 3 is 3.05 bits per heavy atom. The van der Waals surface area contributed by atoms with E-state index in [1.165, 1.54) is 11.3 Å². The summed E-state index contributed by atoms with van der Waals surface area (Å²) >= 11 is 2.69. The van der Waals surface area contributed by atoms with Gasteiger partial charge in [0.1, 0.15) is 0 Å². The molecule has 0 saturated carbocycles. The largest absolute Gasteiger partial charge is 0.395 e. The van der Waals surface area contributed by atoms with E-state index in [2.05, 4.69) is 21.4 Å². The van der Waals surface area contributed by atoms with E-state index in [1.54, 1.807) is 17.3 Å². The van der Waals surface area contributed by atoms with E-state index in [4.69, 9.17) is 5.11 Å². The normalized spacial score (nSPS) is 9.90. The number of nitrogens with zero attached hydrogens (tertiary/aromatic N) is 3. The van der Waals surface area contributed by atoms with Crippen LogP contribution in [0.3, 0.4) is 0 Å². The van der Waals surface area contributed by atoms with Crippen molar-refractivity contribution in [2.75, 3.05) is 13.7 Å². The van der Waals surface area contributed by atoms with Crippen LogP contribution in [0.5, 0.6) is 0 Å². The van der Waals surface area contributed by atoms with Crippen LogP contribution in [0.2, 0.25) is 0 Å². The van der Waals surface area contributed by atoms with Crippen molar-refractivity contribution >= 4 is 28.8 Å². The molecule has 0 radical (unpaired) electrons. The lowest BCUT2D eigenvalue weighted by Crippen LogP contribution is -2.26. The number of aromatic nitrogens is 2. The molecule has 0 aliphatic carbocycles. The van der Waals surface area contributed by atoms with Crippen molar-refractivity contribution in [3.05, 3.63) is 33.0 Å². The molecule has 2 aromatic heterocycles. The summed E-state index contributed by atoms with van der Waals surface area (Å²) in [5, 5.41) is 16.0. The lowest BCUT2D eigenvalue weighted by Gasteiger charge is -2.14. The number of hydrogen-bond acceptors (Lipinski definition) is 6. The van der Waals surface area contributed by atoms with Gasteiger partial charge in [0.2, 0.25) is 0 Å². The Morgan fingerprint density at radius 2 is 2.35 bits per heavy atom. The zero-order valence-corrected chi connectivity index (χ0v) is 12.5. The highest BCUT2D eigenvalue weighted by atomic mass is 32.1. The van der Waals surface area contributed by atoms with E-state index in [9.17, 15) is 4.79 Å². The molecule has 104 valence electrons. The van der Waals surface area contributed by atoms with Gasteiger partial charge in [-0.3, -0.25) is 4.79 Å². The zero-order valence-electron chi connectivity index (χ0n) is 10.9. The van der Waals surface area contributed by atoms with Crippen molar-refractivity contribution in [2.24, 2.45) is 0 Å². The first-order valence-corrected chi connectivity index (χ1v) is 7.62. The number of aliphatic hydroxyl groups is 1. The maximum atomic E-state index is 12.0. The average Bonchev–Trinajstić information content (AvgIpc) is 3.09. The first-order valence-electron chi connectivity index (χ1n) is 5.90. The molecule has 0 spiro atoms. The van der Waals surface area contributed by atoms with Crippen LogP contribution in [0.1, 0.15) is 27.3 Å². The summed E-state index contributed by atoms with van der Waals surface area (Å²) in [6, 6.07) is 1.96. The SMILES string of the molecule is CN(Cc1csc(C#CCCO)c1)C(=O)c1csnn1. The Balaban J connectivity index is 1.97. The number of aliphatic hydroxyl groups excluding tert-OH is 1. The maximum Gasteiger partial charge on any atom is 0.275 e. The summed E-state index contributed by atoms with van der Waals surface area (Å²) in [5.74, 6) is 5.72. The second-order valence-corrected chi connectivity index (χ2v) is 5.57. The van der Waals surface area contributed by atoms with Crippen molar-refractivity contribution < 1.29 is 9.90 Å². The molecule has 0 bridgehead atoms. The van der Waals surface area contributed by atoms with Gasteiger partial charge in [0.15, 0.2) is 5.69 Å². The van der Waals surface area contributed by atoms with Crippen LogP contribution in [0.25, 0.3) is 0 Å². The van der Waals surface area contributed by atoms with Gasteiger partial charge in [-0.1, -0.05) is 16.3 Å². The fourth-order valence-electron chi connectivity index (χ4n) is 1.53. The highest BCUT2D eigenvalue weighted by Crippen LogP contribution is 2.16. The number of thiophene rings is 1. The Morgan fingerprint density at radius 1 is 1.50 bits per heavy atom. The smallest absolute Gasteiger partial charge is 0.275 e. The average molecular weight is 307 g/mol. The van der Waals surface area contributed by atoms with Crippen molar-refractivity contribution in [2.45, 2.75) is 13.0 Å². The molecule has 1 amide bonds. The molecule has 0 aromatic carbocycles. The number of hydrogen-bond donors (Lipinski definition) is 1. The lowest BCUT2D eigenvalue weighted by molar-refractivity contribution is 0.0779. The third-order valence-corrected chi connectivity index (χ3v) is 3.85. The minimum absolute atomic E-state index is 0.0736. The number of carbonyl (C=O) groups excluding carboxylic acids is 1. The van der Waals surface area contributed by atoms with Crippen molar-refractivity contribution in [1.82, 2.24) is 14.5 Å². The molecule has 20 heavy (non-hydrogen) atoms. The Labute approximate surface area is 125 Å². The number of carbonyl (C=O) groups is 1. The molecule has 0 fully saturated rings. The molecule has 0 aliphatic heterocycles. The van der Waals surface area contributed by atoms with Crippen LogP contribution in [-0.4, -0.2) is 39.2 Å². The van der Waals surface area contributed by atoms with Gasteiger partial charge in [-0.05, 0) is 28.5 Å². The monoisotopic (exact) mass is 307 g/mol. The second-order valence-electron chi connectivity index (χ2n) is 4.05. The zero-order chi connectivity index (χ0) is 14.4. The first kappa shape index (κ1) is 14.7. The Kier molecular flexibility index (Phi) is 5.24. The summed E-state index contributed by atoms with van der Waals surface area (Å²) in [7, 11) is 1.73. The Bertz CT molecular complexity index is 626. The van der Waals surface area contributed by atoms with Crippen LogP contribution in [0.4, 0.5) is 0 Å². The van der Waals surface area contributed by atoms with Gasteiger partial charge in [-0.2, -0.15) is 0 Å². The Hall–Kier alpha value is -1.75. The predicted octanol–water partition coefficient (Wildman–Crippen LogP) is 1.61. The lowest BCUT2D eigenvalue weighted by atomic mass is 10.2. The quantitative estimate of drug-likeness (QED) is 0.872. The molecule has 2 aromatic rings. The van der Waals surface area contributed by atoms with Gasteiger partial charge >= 0.3 is 0 Å². The molecule has 2 heterocycles. The minimum atomic E-state index is -0.141. The van der Waals surface area contributed by atoms with Crippen molar-refractivity contribution in [3.63, 3.8) is 0 Å². The molecule has 7 heteroatoms. The van der Waals surface area contributed by atoms with E-state index < -0.39 is 0 Å². The van der Waals surface area contributed by atoms with Crippen LogP contribution < -0.4 is 0 Å². The van der Waals surface area contributed by atoms with Gasteiger partial charge in [-0.15, -0.1) is 16.4 Å². The third-order valence-electron chi connectivity index (χ3n) is 2.45. The molecule has 0 atom stereocenters. The molecule has 1 N–H and O–H groups in total. The molecule has 2 rings (SSSR count). The fraction of sp³-hybridized carbons (Fsp3) is 0.308. The molecule has 0 unspecified atom stereocenters. The van der Waals surface area contributed by atoms with Gasteiger partial charge in [-0.25, -0.2) is 0 Å². The third kappa shape index (κ3) is 3.87. The first-order chi connectivity index (χ1) is 9.70. The fourth-order valence-corrected chi connectivity index (χ4v) is 2.73. The van der Waals surface area contributed by atoms with Crippen molar-refractivity contribution in [1.29, 1.82) is 0 Å². The second kappa shape index (κ2) is 7.14. The number of amides is 1. The summed E-state index contributed by atoms with van der Waals surface area (Å²) in [4.78, 5) is 14.5. The van der Waals surface area contributed by atoms with E-state index in [-0.39, 0.29) is 12.5 Å². The summed E-state index contributed by atoms with van der Waals surface area (Å²) in [5.41, 5.74) is 1.40. The highest BCUT2D eigenvalue weighted by molar-refractivity contribution is 7.10. The van der Waals surface area contributed by atoms with E-state index in [1.807, 2.05) is 11.4 Å². The van der Waals surface area contributed by atoms with Gasteiger partial charge in [0.05, 0.1) is 11.5 Å². The topological polar surface area (TPSA) is 66.3 Å². The molecule has 0 aliphatic rings. The van der Waals surface area contributed by atoms with Crippen LogP contribution in [-0.2, 0) is 6.54 Å². The molecular formula is C13H13N3O2S2. The van der Waals surface area contributed by atoms with Crippen LogP contribution in [0.15, 0.2) is 16.8 Å². The van der Waals surface area contributed by atoms with Gasteiger partial charge in [0.25, 0.3) is 5.91 Å². The number of rotatable bonds is 4. The standard InChI is InChI=1S/C13H13N3O2S2/c1-16(13(18)12-9-20-15-14-12)7-10-6-11(19-8-10)4-2-3-5-17/h6,8-9,17H,3,5,7H2,1H3. The van der Waals surface area contributed by atoms with Gasteiger partial charge in [0, 0.05) is 25.4 Å². The molecule has 0 saturated heterocycles. The van der Waals surface area contributed by atoms with E-state index in [0.717, 1.165) is 22.0 Å². The molecular weight excluding hydrogens is 294 g/mol. The van der Waals surface area contributed by atoms with E-state index >= 15 is 0 Å².